The van der Waals surface area contributed by atoms with Crippen LogP contribution in [0.3, 0.4) is 0 Å². The number of nitrogens with zero attached hydrogens (tertiary/aromatic N) is 1. The lowest BCUT2D eigenvalue weighted by atomic mass is 10.2. The third-order valence-corrected chi connectivity index (χ3v) is 4.64. The molecule has 1 saturated heterocycles. The van der Waals surface area contributed by atoms with E-state index in [1.807, 2.05) is 11.3 Å². The second-order valence-corrected chi connectivity index (χ2v) is 6.05. The van der Waals surface area contributed by atoms with Gasteiger partial charge in [0, 0.05) is 16.7 Å². The molecule has 0 aliphatic carbocycles. The number of hydrogen-bond acceptors (Lipinski definition) is 4. The summed E-state index contributed by atoms with van der Waals surface area (Å²) in [5.41, 5.74) is 1.24. The monoisotopic (exact) mass is 250 g/mol. The molecule has 0 spiro atoms. The van der Waals surface area contributed by atoms with Gasteiger partial charge >= 0.3 is 0 Å². The van der Waals surface area contributed by atoms with Crippen LogP contribution >= 0.6 is 22.7 Å². The Hall–Kier alpha value is -0.710. The molecule has 0 amide bonds. The lowest BCUT2D eigenvalue weighted by Crippen LogP contribution is -2.13. The van der Waals surface area contributed by atoms with Gasteiger partial charge in [-0.3, -0.25) is 0 Å². The number of thiazole rings is 1. The molecule has 1 aliphatic heterocycles. The maximum atomic E-state index is 4.73. The molecule has 0 saturated carbocycles. The summed E-state index contributed by atoms with van der Waals surface area (Å²) in [5, 5.41) is 9.08. The maximum Gasteiger partial charge on any atom is 0.0981 e. The first-order valence-corrected chi connectivity index (χ1v) is 7.38. The molecule has 0 unspecified atom stereocenters. The molecule has 0 aromatic carbocycles. The predicted molar refractivity (Wildman–Crippen MR) is 69.2 cm³/mol. The summed E-state index contributed by atoms with van der Waals surface area (Å²) in [4.78, 5) is 6.13. The van der Waals surface area contributed by atoms with Gasteiger partial charge in [-0.05, 0) is 30.8 Å². The van der Waals surface area contributed by atoms with E-state index in [0.29, 0.717) is 6.04 Å². The first kappa shape index (κ1) is 10.4. The molecule has 84 valence electrons. The van der Waals surface area contributed by atoms with Crippen LogP contribution in [0.5, 0.6) is 0 Å². The Kier molecular flexibility index (Phi) is 3.04. The lowest BCUT2D eigenvalue weighted by Gasteiger charge is -2.04. The molecule has 1 fully saturated rings. The zero-order valence-corrected chi connectivity index (χ0v) is 10.6. The summed E-state index contributed by atoms with van der Waals surface area (Å²) in [6, 6.07) is 4.79. The highest BCUT2D eigenvalue weighted by Gasteiger charge is 2.18. The van der Waals surface area contributed by atoms with E-state index in [1.54, 1.807) is 11.3 Å². The van der Waals surface area contributed by atoms with Crippen LogP contribution in [0.4, 0.5) is 0 Å². The fourth-order valence-corrected chi connectivity index (χ4v) is 3.74. The highest BCUT2D eigenvalue weighted by Crippen LogP contribution is 2.26. The van der Waals surface area contributed by atoms with Crippen LogP contribution in [-0.4, -0.2) is 11.5 Å². The first-order chi connectivity index (χ1) is 7.92. The van der Waals surface area contributed by atoms with Gasteiger partial charge in [-0.15, -0.1) is 22.7 Å². The smallest absolute Gasteiger partial charge is 0.0981 e. The zero-order valence-electron chi connectivity index (χ0n) is 8.98. The fourth-order valence-electron chi connectivity index (χ4n) is 2.07. The van der Waals surface area contributed by atoms with E-state index in [2.05, 4.69) is 28.2 Å². The Morgan fingerprint density at radius 1 is 1.44 bits per heavy atom. The van der Waals surface area contributed by atoms with Crippen LogP contribution in [0.1, 0.15) is 34.5 Å². The third-order valence-electron chi connectivity index (χ3n) is 2.89. The molecule has 3 rings (SSSR count). The number of thiophene rings is 1. The van der Waals surface area contributed by atoms with E-state index in [1.165, 1.54) is 28.4 Å². The summed E-state index contributed by atoms with van der Waals surface area (Å²) >= 11 is 3.60. The minimum atomic E-state index is 0.508. The van der Waals surface area contributed by atoms with E-state index >= 15 is 0 Å². The third kappa shape index (κ3) is 2.19. The van der Waals surface area contributed by atoms with Gasteiger partial charge in [-0.25, -0.2) is 4.98 Å². The molecule has 2 aromatic rings. The number of aromatic nitrogens is 1. The molecule has 4 heteroatoms. The van der Waals surface area contributed by atoms with Crippen molar-refractivity contribution >= 4 is 22.7 Å². The van der Waals surface area contributed by atoms with Crippen LogP contribution in [0.25, 0.3) is 0 Å². The van der Waals surface area contributed by atoms with Gasteiger partial charge in [0.25, 0.3) is 0 Å². The summed E-state index contributed by atoms with van der Waals surface area (Å²) in [7, 11) is 0. The predicted octanol–water partition coefficient (Wildman–Crippen LogP) is 3.22. The van der Waals surface area contributed by atoms with Gasteiger partial charge < -0.3 is 5.32 Å². The number of nitrogens with one attached hydrogen (secondary N) is 1. The topological polar surface area (TPSA) is 24.9 Å². The van der Waals surface area contributed by atoms with Crippen LogP contribution in [0, 0.1) is 0 Å². The highest BCUT2D eigenvalue weighted by molar-refractivity contribution is 7.11. The second-order valence-electron chi connectivity index (χ2n) is 4.07. The van der Waals surface area contributed by atoms with E-state index in [9.17, 15) is 0 Å². The van der Waals surface area contributed by atoms with Gasteiger partial charge in [0.1, 0.15) is 0 Å². The van der Waals surface area contributed by atoms with Crippen LogP contribution < -0.4 is 5.32 Å². The molecule has 1 aliphatic rings. The quantitative estimate of drug-likeness (QED) is 0.904. The average Bonchev–Trinajstić information content (AvgIpc) is 2.99. The Morgan fingerprint density at radius 2 is 2.44 bits per heavy atom. The number of rotatable bonds is 3. The van der Waals surface area contributed by atoms with Gasteiger partial charge in [-0.1, -0.05) is 6.07 Å². The van der Waals surface area contributed by atoms with Crippen LogP contribution in [0.15, 0.2) is 22.9 Å². The zero-order chi connectivity index (χ0) is 10.8. The van der Waals surface area contributed by atoms with Crippen LogP contribution in [-0.2, 0) is 6.42 Å². The van der Waals surface area contributed by atoms with E-state index in [4.69, 9.17) is 4.98 Å². The van der Waals surface area contributed by atoms with Crippen molar-refractivity contribution in [3.63, 3.8) is 0 Å². The summed E-state index contributed by atoms with van der Waals surface area (Å²) < 4.78 is 0. The molecule has 1 atom stereocenters. The van der Waals surface area contributed by atoms with Crippen molar-refractivity contribution in [2.45, 2.75) is 25.3 Å². The number of hydrogen-bond donors (Lipinski definition) is 1. The van der Waals surface area contributed by atoms with Crippen molar-refractivity contribution in [1.29, 1.82) is 0 Å². The van der Waals surface area contributed by atoms with Gasteiger partial charge in [-0.2, -0.15) is 0 Å². The second kappa shape index (κ2) is 4.65. The van der Waals surface area contributed by atoms with E-state index in [-0.39, 0.29) is 0 Å². The molecule has 3 heterocycles. The molecular formula is C12H14N2S2. The molecule has 1 N–H and O–H groups in total. The molecule has 2 nitrogen and oxygen atoms in total. The average molecular weight is 250 g/mol. The first-order valence-electron chi connectivity index (χ1n) is 5.62. The van der Waals surface area contributed by atoms with Gasteiger partial charge in [0.15, 0.2) is 0 Å². The standard InChI is InChI=1S/C12H14N2S2/c1-4-10(13-5-1)11-8-16-12(14-11)7-9-3-2-6-15-9/h2-3,6,8,10,13H,1,4-5,7H2/t10-/m0/s1. The maximum absolute atomic E-state index is 4.73. The van der Waals surface area contributed by atoms with Gasteiger partial charge in [0.05, 0.1) is 16.7 Å². The molecule has 0 radical (unpaired) electrons. The van der Waals surface area contributed by atoms with E-state index < -0.39 is 0 Å². The van der Waals surface area contributed by atoms with Crippen molar-refractivity contribution in [3.05, 3.63) is 38.5 Å². The minimum absolute atomic E-state index is 0.508. The Balaban J connectivity index is 1.72. The van der Waals surface area contributed by atoms with Crippen molar-refractivity contribution in [2.75, 3.05) is 6.54 Å². The van der Waals surface area contributed by atoms with Crippen LogP contribution in [0.2, 0.25) is 0 Å². The Bertz CT molecular complexity index is 441. The molecule has 2 aromatic heterocycles. The van der Waals surface area contributed by atoms with Crippen molar-refractivity contribution < 1.29 is 0 Å². The van der Waals surface area contributed by atoms with Crippen molar-refractivity contribution in [3.8, 4) is 0 Å². The fraction of sp³-hybridized carbons (Fsp3) is 0.417. The Morgan fingerprint density at radius 3 is 3.19 bits per heavy atom. The van der Waals surface area contributed by atoms with E-state index in [0.717, 1.165) is 13.0 Å². The minimum Gasteiger partial charge on any atom is -0.309 e. The summed E-state index contributed by atoms with van der Waals surface area (Å²) in [6.45, 7) is 1.14. The molecule has 0 bridgehead atoms. The van der Waals surface area contributed by atoms with Gasteiger partial charge in [0.2, 0.25) is 0 Å². The summed E-state index contributed by atoms with van der Waals surface area (Å²) in [6.07, 6.45) is 3.51. The molecule has 16 heavy (non-hydrogen) atoms. The summed E-state index contributed by atoms with van der Waals surface area (Å²) in [5.74, 6) is 0. The lowest BCUT2D eigenvalue weighted by molar-refractivity contribution is 0.630. The van der Waals surface area contributed by atoms with Crippen molar-refractivity contribution in [1.82, 2.24) is 10.3 Å². The SMILES string of the molecule is c1csc(Cc2nc([C@@H]3CCCN3)cs2)c1. The highest BCUT2D eigenvalue weighted by atomic mass is 32.1. The largest absolute Gasteiger partial charge is 0.309 e. The Labute approximate surface area is 103 Å². The molecular weight excluding hydrogens is 236 g/mol. The van der Waals surface area contributed by atoms with Crippen molar-refractivity contribution in [2.24, 2.45) is 0 Å². The normalized spacial score (nSPS) is 20.4.